The summed E-state index contributed by atoms with van der Waals surface area (Å²) in [4.78, 5) is 15.1. The number of halogens is 1. The third-order valence-corrected chi connectivity index (χ3v) is 5.35. The normalized spacial score (nSPS) is 16.3. The van der Waals surface area contributed by atoms with Crippen LogP contribution < -0.4 is 10.2 Å². The fourth-order valence-corrected chi connectivity index (χ4v) is 3.41. The van der Waals surface area contributed by atoms with Crippen molar-refractivity contribution in [3.8, 4) is 0 Å². The van der Waals surface area contributed by atoms with E-state index in [0.29, 0.717) is 5.56 Å². The van der Waals surface area contributed by atoms with E-state index in [0.717, 1.165) is 27.0 Å². The van der Waals surface area contributed by atoms with Gasteiger partial charge in [0.1, 0.15) is 6.17 Å². The lowest BCUT2D eigenvalue weighted by Crippen LogP contribution is -2.43. The van der Waals surface area contributed by atoms with Gasteiger partial charge >= 0.3 is 0 Å². The van der Waals surface area contributed by atoms with Crippen molar-refractivity contribution in [3.05, 3.63) is 94.0 Å². The molecule has 3 aromatic carbocycles. The first-order valence-electron chi connectivity index (χ1n) is 8.15. The summed E-state index contributed by atoms with van der Waals surface area (Å²) in [5.41, 5.74) is 4.57. The molecule has 4 heteroatoms. The van der Waals surface area contributed by atoms with Gasteiger partial charge in [-0.2, -0.15) is 0 Å². The largest absolute Gasteiger partial charge is 0.360 e. The maximum Gasteiger partial charge on any atom is 0.262 e. The third kappa shape index (κ3) is 2.83. The molecule has 3 aromatic rings. The number of aryl methyl sites for hydroxylation is 1. The van der Waals surface area contributed by atoms with Crippen LogP contribution >= 0.6 is 15.9 Å². The number of amides is 1. The highest BCUT2D eigenvalue weighted by molar-refractivity contribution is 9.10. The predicted octanol–water partition coefficient (Wildman–Crippen LogP) is 5.53. The van der Waals surface area contributed by atoms with Gasteiger partial charge in [-0.25, -0.2) is 0 Å². The Labute approximate surface area is 155 Å². The van der Waals surface area contributed by atoms with E-state index in [-0.39, 0.29) is 12.1 Å². The van der Waals surface area contributed by atoms with Gasteiger partial charge in [-0.3, -0.25) is 9.69 Å². The van der Waals surface area contributed by atoms with Gasteiger partial charge in [0.15, 0.2) is 0 Å². The summed E-state index contributed by atoms with van der Waals surface area (Å²) in [6.07, 6.45) is -0.246. The van der Waals surface area contributed by atoms with Crippen LogP contribution in [0.5, 0.6) is 0 Å². The molecular formula is C21H17BrN2O. The number of carbonyl (C=O) groups excluding carboxylic acids is 1. The number of anilines is 2. The zero-order chi connectivity index (χ0) is 17.4. The molecule has 124 valence electrons. The van der Waals surface area contributed by atoms with Crippen molar-refractivity contribution in [1.29, 1.82) is 0 Å². The van der Waals surface area contributed by atoms with Gasteiger partial charge in [-0.15, -0.1) is 0 Å². The topological polar surface area (TPSA) is 32.3 Å². The first-order valence-corrected chi connectivity index (χ1v) is 8.94. The Hall–Kier alpha value is -2.59. The van der Waals surface area contributed by atoms with E-state index in [2.05, 4.69) is 21.2 Å². The Bertz CT molecular complexity index is 940. The molecule has 1 aliphatic heterocycles. The van der Waals surface area contributed by atoms with E-state index in [1.54, 1.807) is 0 Å². The second-order valence-corrected chi connectivity index (χ2v) is 6.97. The van der Waals surface area contributed by atoms with Gasteiger partial charge in [0.25, 0.3) is 5.91 Å². The van der Waals surface area contributed by atoms with Crippen LogP contribution in [-0.2, 0) is 0 Å². The molecule has 4 rings (SSSR count). The van der Waals surface area contributed by atoms with Crippen molar-refractivity contribution in [2.45, 2.75) is 13.1 Å². The average Bonchev–Trinajstić information content (AvgIpc) is 2.65. The molecule has 0 bridgehead atoms. The Morgan fingerprint density at radius 1 is 0.960 bits per heavy atom. The molecule has 1 atom stereocenters. The van der Waals surface area contributed by atoms with Crippen molar-refractivity contribution in [2.75, 3.05) is 10.2 Å². The molecular weight excluding hydrogens is 376 g/mol. The molecule has 0 radical (unpaired) electrons. The minimum absolute atomic E-state index is 0.00456. The molecule has 25 heavy (non-hydrogen) atoms. The van der Waals surface area contributed by atoms with Crippen LogP contribution in [0.25, 0.3) is 0 Å². The molecule has 0 unspecified atom stereocenters. The van der Waals surface area contributed by atoms with Gasteiger partial charge in [-0.05, 0) is 48.4 Å². The van der Waals surface area contributed by atoms with Gasteiger partial charge in [0.05, 0.1) is 5.56 Å². The van der Waals surface area contributed by atoms with Gasteiger partial charge < -0.3 is 5.32 Å². The molecule has 1 aliphatic rings. The van der Waals surface area contributed by atoms with Crippen LogP contribution in [-0.4, -0.2) is 5.91 Å². The van der Waals surface area contributed by atoms with Crippen molar-refractivity contribution in [3.63, 3.8) is 0 Å². The molecule has 0 saturated carbocycles. The standard InChI is InChI=1S/C21H17BrN2O/c1-14-13-16(11-12-18(14)22)24-20(15-7-3-2-4-8-15)23-19-10-6-5-9-17(19)21(24)25/h2-13,20,23H,1H3/t20-/m1/s1. The van der Waals surface area contributed by atoms with Crippen molar-refractivity contribution < 1.29 is 4.79 Å². The number of hydrogen-bond donors (Lipinski definition) is 1. The average molecular weight is 393 g/mol. The number of benzene rings is 3. The maximum absolute atomic E-state index is 13.3. The molecule has 0 aromatic heterocycles. The summed E-state index contributed by atoms with van der Waals surface area (Å²) < 4.78 is 1.03. The Morgan fingerprint density at radius 2 is 1.68 bits per heavy atom. The number of carbonyl (C=O) groups is 1. The van der Waals surface area contributed by atoms with E-state index in [4.69, 9.17) is 0 Å². The molecule has 1 amide bonds. The third-order valence-electron chi connectivity index (χ3n) is 4.46. The van der Waals surface area contributed by atoms with Crippen LogP contribution in [0.3, 0.4) is 0 Å². The number of nitrogens with zero attached hydrogens (tertiary/aromatic N) is 1. The van der Waals surface area contributed by atoms with Gasteiger partial charge in [-0.1, -0.05) is 58.4 Å². The van der Waals surface area contributed by atoms with Crippen molar-refractivity contribution >= 4 is 33.2 Å². The number of fused-ring (bicyclic) bond motifs is 1. The fourth-order valence-electron chi connectivity index (χ4n) is 3.17. The van der Waals surface area contributed by atoms with Crippen LogP contribution in [0.15, 0.2) is 77.3 Å². The lowest BCUT2D eigenvalue weighted by Gasteiger charge is -2.38. The quantitative estimate of drug-likeness (QED) is 0.621. The number of para-hydroxylation sites is 1. The summed E-state index contributed by atoms with van der Waals surface area (Å²) in [6, 6.07) is 23.7. The Kier molecular flexibility index (Phi) is 4.06. The number of rotatable bonds is 2. The van der Waals surface area contributed by atoms with E-state index in [9.17, 15) is 4.79 Å². The first kappa shape index (κ1) is 15.9. The lowest BCUT2D eigenvalue weighted by atomic mass is 10.0. The number of nitrogens with one attached hydrogen (secondary N) is 1. The molecule has 0 fully saturated rings. The Balaban J connectivity index is 1.88. The first-order chi connectivity index (χ1) is 12.1. The summed E-state index contributed by atoms with van der Waals surface area (Å²) >= 11 is 3.54. The summed E-state index contributed by atoms with van der Waals surface area (Å²) in [6.45, 7) is 2.03. The fraction of sp³-hybridized carbons (Fsp3) is 0.0952. The summed E-state index contributed by atoms with van der Waals surface area (Å²) in [7, 11) is 0. The Morgan fingerprint density at radius 3 is 2.44 bits per heavy atom. The molecule has 0 spiro atoms. The van der Waals surface area contributed by atoms with E-state index >= 15 is 0 Å². The highest BCUT2D eigenvalue weighted by atomic mass is 79.9. The minimum atomic E-state index is -0.246. The summed E-state index contributed by atoms with van der Waals surface area (Å²) in [5, 5.41) is 3.52. The predicted molar refractivity (Wildman–Crippen MR) is 105 cm³/mol. The summed E-state index contributed by atoms with van der Waals surface area (Å²) in [5.74, 6) is 0.00456. The molecule has 1 N–H and O–H groups in total. The second-order valence-electron chi connectivity index (χ2n) is 6.11. The monoisotopic (exact) mass is 392 g/mol. The number of hydrogen-bond acceptors (Lipinski definition) is 2. The van der Waals surface area contributed by atoms with Crippen LogP contribution in [0, 0.1) is 6.92 Å². The van der Waals surface area contributed by atoms with Gasteiger partial charge in [0, 0.05) is 15.8 Å². The SMILES string of the molecule is Cc1cc(N2C(=O)c3ccccc3N[C@H]2c2ccccc2)ccc1Br. The smallest absolute Gasteiger partial charge is 0.262 e. The zero-order valence-corrected chi connectivity index (χ0v) is 15.3. The minimum Gasteiger partial charge on any atom is -0.360 e. The molecule has 3 nitrogen and oxygen atoms in total. The maximum atomic E-state index is 13.3. The molecule has 0 aliphatic carbocycles. The highest BCUT2D eigenvalue weighted by Crippen LogP contribution is 2.37. The molecule has 0 saturated heterocycles. The van der Waals surface area contributed by atoms with Gasteiger partial charge in [0.2, 0.25) is 0 Å². The highest BCUT2D eigenvalue weighted by Gasteiger charge is 2.33. The zero-order valence-electron chi connectivity index (χ0n) is 13.7. The van der Waals surface area contributed by atoms with Crippen LogP contribution in [0.4, 0.5) is 11.4 Å². The van der Waals surface area contributed by atoms with Crippen molar-refractivity contribution in [2.24, 2.45) is 0 Å². The van der Waals surface area contributed by atoms with Crippen LogP contribution in [0.2, 0.25) is 0 Å². The second kappa shape index (κ2) is 6.37. The van der Waals surface area contributed by atoms with E-state index in [1.165, 1.54) is 0 Å². The van der Waals surface area contributed by atoms with E-state index in [1.807, 2.05) is 84.6 Å². The van der Waals surface area contributed by atoms with Crippen molar-refractivity contribution in [1.82, 2.24) is 0 Å². The van der Waals surface area contributed by atoms with Crippen LogP contribution in [0.1, 0.15) is 27.7 Å². The van der Waals surface area contributed by atoms with E-state index < -0.39 is 0 Å². The lowest BCUT2D eigenvalue weighted by molar-refractivity contribution is 0.0975. The molecule has 1 heterocycles.